The van der Waals surface area contributed by atoms with Crippen LogP contribution >= 0.6 is 22.6 Å². The van der Waals surface area contributed by atoms with Crippen LogP contribution in [0.3, 0.4) is 0 Å². The van der Waals surface area contributed by atoms with Crippen LogP contribution in [-0.4, -0.2) is 30.1 Å². The largest absolute Gasteiger partial charge is 0.381 e. The molecule has 2 nitrogen and oxygen atoms in total. The van der Waals surface area contributed by atoms with Gasteiger partial charge < -0.3 is 5.32 Å². The topological polar surface area (TPSA) is 15.3 Å². The summed E-state index contributed by atoms with van der Waals surface area (Å²) in [6.07, 6.45) is 5.48. The van der Waals surface area contributed by atoms with Crippen molar-refractivity contribution in [1.82, 2.24) is 4.90 Å². The van der Waals surface area contributed by atoms with Crippen molar-refractivity contribution in [2.45, 2.75) is 44.7 Å². The third-order valence-electron chi connectivity index (χ3n) is 4.38. The van der Waals surface area contributed by atoms with Gasteiger partial charge in [-0.1, -0.05) is 12.5 Å². The molecule has 0 aromatic heterocycles. The van der Waals surface area contributed by atoms with E-state index in [4.69, 9.17) is 0 Å². The average Bonchev–Trinajstić information content (AvgIpc) is 2.78. The van der Waals surface area contributed by atoms with Crippen LogP contribution in [0.2, 0.25) is 0 Å². The van der Waals surface area contributed by atoms with Gasteiger partial charge in [0.15, 0.2) is 0 Å². The van der Waals surface area contributed by atoms with Crippen LogP contribution in [0.1, 0.15) is 31.2 Å². The molecule has 1 aromatic carbocycles. The molecule has 1 aromatic rings. The number of hydrogen-bond donors (Lipinski definition) is 1. The summed E-state index contributed by atoms with van der Waals surface area (Å²) in [7, 11) is 0. The highest BCUT2D eigenvalue weighted by Crippen LogP contribution is 2.29. The standard InChI is InChI=1S/C15H21IN2/c1-11-5-6-12(10-13(11)16)17-14-7-9-18-8-3-2-4-15(14)18/h5-6,10,14-15,17H,2-4,7-9H2,1H3. The van der Waals surface area contributed by atoms with Crippen molar-refractivity contribution < 1.29 is 0 Å². The van der Waals surface area contributed by atoms with Gasteiger partial charge in [0.2, 0.25) is 0 Å². The number of hydrogen-bond acceptors (Lipinski definition) is 2. The zero-order valence-electron chi connectivity index (χ0n) is 11.0. The summed E-state index contributed by atoms with van der Waals surface area (Å²) in [5, 5.41) is 3.76. The van der Waals surface area contributed by atoms with Gasteiger partial charge in [0.25, 0.3) is 0 Å². The number of piperidine rings is 1. The predicted molar refractivity (Wildman–Crippen MR) is 85.1 cm³/mol. The van der Waals surface area contributed by atoms with Crippen LogP contribution < -0.4 is 5.32 Å². The van der Waals surface area contributed by atoms with E-state index in [9.17, 15) is 0 Å². The second-order valence-electron chi connectivity index (χ2n) is 5.60. The van der Waals surface area contributed by atoms with Crippen molar-refractivity contribution in [3.05, 3.63) is 27.3 Å². The highest BCUT2D eigenvalue weighted by atomic mass is 127. The third kappa shape index (κ3) is 2.52. The fourth-order valence-corrected chi connectivity index (χ4v) is 3.83. The Bertz CT molecular complexity index is 433. The van der Waals surface area contributed by atoms with Crippen molar-refractivity contribution in [2.75, 3.05) is 18.4 Å². The summed E-state index contributed by atoms with van der Waals surface area (Å²) < 4.78 is 1.36. The van der Waals surface area contributed by atoms with Gasteiger partial charge >= 0.3 is 0 Å². The van der Waals surface area contributed by atoms with Gasteiger partial charge in [-0.25, -0.2) is 0 Å². The normalized spacial score (nSPS) is 28.1. The van der Waals surface area contributed by atoms with Crippen LogP contribution in [-0.2, 0) is 0 Å². The molecule has 0 aliphatic carbocycles. The second-order valence-corrected chi connectivity index (χ2v) is 6.76. The number of aryl methyl sites for hydroxylation is 1. The van der Waals surface area contributed by atoms with Crippen LogP contribution in [0, 0.1) is 10.5 Å². The maximum absolute atomic E-state index is 3.76. The molecule has 0 saturated carbocycles. The lowest BCUT2D eigenvalue weighted by atomic mass is 9.99. The first kappa shape index (κ1) is 12.7. The molecular weight excluding hydrogens is 335 g/mol. The van der Waals surface area contributed by atoms with E-state index in [2.05, 4.69) is 57.9 Å². The van der Waals surface area contributed by atoms with E-state index in [-0.39, 0.29) is 0 Å². The molecule has 98 valence electrons. The Morgan fingerprint density at radius 1 is 1.22 bits per heavy atom. The number of anilines is 1. The quantitative estimate of drug-likeness (QED) is 0.814. The number of benzene rings is 1. The Labute approximate surface area is 123 Å². The van der Waals surface area contributed by atoms with Crippen molar-refractivity contribution in [3.8, 4) is 0 Å². The molecule has 0 radical (unpaired) electrons. The van der Waals surface area contributed by atoms with Crippen LogP contribution in [0.15, 0.2) is 18.2 Å². The molecule has 1 N–H and O–H groups in total. The zero-order chi connectivity index (χ0) is 12.5. The average molecular weight is 356 g/mol. The van der Waals surface area contributed by atoms with Crippen molar-refractivity contribution in [3.63, 3.8) is 0 Å². The summed E-state index contributed by atoms with van der Waals surface area (Å²) in [6, 6.07) is 8.16. The van der Waals surface area contributed by atoms with Crippen LogP contribution in [0.25, 0.3) is 0 Å². The molecule has 3 heteroatoms. The molecule has 2 aliphatic rings. The number of nitrogens with one attached hydrogen (secondary N) is 1. The van der Waals surface area contributed by atoms with E-state index < -0.39 is 0 Å². The molecule has 2 heterocycles. The summed E-state index contributed by atoms with van der Waals surface area (Å²) in [4.78, 5) is 2.68. The zero-order valence-corrected chi connectivity index (χ0v) is 13.1. The molecule has 0 amide bonds. The molecule has 3 rings (SSSR count). The van der Waals surface area contributed by atoms with Gasteiger partial charge in [-0.2, -0.15) is 0 Å². The number of fused-ring (bicyclic) bond motifs is 1. The Hall–Kier alpha value is -0.290. The summed E-state index contributed by atoms with van der Waals surface area (Å²) in [5.41, 5.74) is 2.66. The second kappa shape index (κ2) is 5.37. The van der Waals surface area contributed by atoms with Crippen LogP contribution in [0.4, 0.5) is 5.69 Å². The first-order chi connectivity index (χ1) is 8.74. The van der Waals surface area contributed by atoms with Gasteiger partial charge in [0.05, 0.1) is 0 Å². The minimum absolute atomic E-state index is 0.656. The monoisotopic (exact) mass is 356 g/mol. The molecule has 2 atom stereocenters. The van der Waals surface area contributed by atoms with Crippen molar-refractivity contribution in [2.24, 2.45) is 0 Å². The van der Waals surface area contributed by atoms with E-state index in [0.29, 0.717) is 6.04 Å². The molecule has 2 saturated heterocycles. The first-order valence-electron chi connectivity index (χ1n) is 7.01. The third-order valence-corrected chi connectivity index (χ3v) is 5.54. The minimum Gasteiger partial charge on any atom is -0.381 e. The van der Waals surface area contributed by atoms with E-state index in [1.807, 2.05) is 0 Å². The SMILES string of the molecule is Cc1ccc(NC2CCN3CCCCC23)cc1I. The molecule has 0 bridgehead atoms. The summed E-state index contributed by atoms with van der Waals surface area (Å²) in [6.45, 7) is 4.77. The molecule has 2 fully saturated rings. The Kier molecular flexibility index (Phi) is 3.80. The molecule has 18 heavy (non-hydrogen) atoms. The van der Waals surface area contributed by atoms with Gasteiger partial charge in [0, 0.05) is 27.9 Å². The van der Waals surface area contributed by atoms with Gasteiger partial charge in [-0.15, -0.1) is 0 Å². The first-order valence-corrected chi connectivity index (χ1v) is 8.08. The molecule has 0 spiro atoms. The molecular formula is C15H21IN2. The van der Waals surface area contributed by atoms with Crippen molar-refractivity contribution in [1.29, 1.82) is 0 Å². The number of halogens is 1. The van der Waals surface area contributed by atoms with E-state index in [0.717, 1.165) is 6.04 Å². The number of rotatable bonds is 2. The Morgan fingerprint density at radius 2 is 2.11 bits per heavy atom. The summed E-state index contributed by atoms with van der Waals surface area (Å²) in [5.74, 6) is 0. The maximum Gasteiger partial charge on any atom is 0.0429 e. The fourth-order valence-electron chi connectivity index (χ4n) is 3.31. The van der Waals surface area contributed by atoms with Gasteiger partial charge in [-0.3, -0.25) is 4.90 Å². The van der Waals surface area contributed by atoms with Crippen molar-refractivity contribution >= 4 is 28.3 Å². The Morgan fingerprint density at radius 3 is 2.94 bits per heavy atom. The predicted octanol–water partition coefficient (Wildman–Crippen LogP) is 3.64. The molecule has 2 aliphatic heterocycles. The van der Waals surface area contributed by atoms with Gasteiger partial charge in [0.1, 0.15) is 0 Å². The smallest absolute Gasteiger partial charge is 0.0429 e. The number of nitrogens with zero attached hydrogens (tertiary/aromatic N) is 1. The highest BCUT2D eigenvalue weighted by Gasteiger charge is 2.35. The van der Waals surface area contributed by atoms with E-state index >= 15 is 0 Å². The Balaban J connectivity index is 1.70. The lowest BCUT2D eigenvalue weighted by Crippen LogP contribution is -2.41. The van der Waals surface area contributed by atoms with Crippen LogP contribution in [0.5, 0.6) is 0 Å². The fraction of sp³-hybridized carbons (Fsp3) is 0.600. The van der Waals surface area contributed by atoms with E-state index in [1.54, 1.807) is 0 Å². The highest BCUT2D eigenvalue weighted by molar-refractivity contribution is 14.1. The lowest BCUT2D eigenvalue weighted by Gasteiger charge is -2.33. The van der Waals surface area contributed by atoms with E-state index in [1.165, 1.54) is 53.6 Å². The minimum atomic E-state index is 0.656. The van der Waals surface area contributed by atoms with Gasteiger partial charge in [-0.05, 0) is 73.0 Å². The molecule has 2 unspecified atom stereocenters. The maximum atomic E-state index is 3.76. The summed E-state index contributed by atoms with van der Waals surface area (Å²) >= 11 is 2.42. The lowest BCUT2D eigenvalue weighted by molar-refractivity contribution is 0.193.